The number of carbonyl (C=O) groups excluding carboxylic acids is 1. The first-order valence-electron chi connectivity index (χ1n) is 6.67. The lowest BCUT2D eigenvalue weighted by molar-refractivity contribution is -0.146. The average molecular weight is 261 g/mol. The van der Waals surface area contributed by atoms with Gasteiger partial charge in [0.15, 0.2) is 0 Å². The first-order valence-corrected chi connectivity index (χ1v) is 6.67. The van der Waals surface area contributed by atoms with Crippen LogP contribution in [-0.2, 0) is 9.59 Å². The Morgan fingerprint density at radius 2 is 1.95 bits per heavy atom. The summed E-state index contributed by atoms with van der Waals surface area (Å²) < 4.78 is 0. The molecular formula is C15H19NO3. The first-order chi connectivity index (χ1) is 9.11. The number of likely N-dealkylation sites (tertiary alicyclic amines) is 1. The van der Waals surface area contributed by atoms with Crippen LogP contribution in [-0.4, -0.2) is 35.0 Å². The van der Waals surface area contributed by atoms with Crippen LogP contribution in [0.25, 0.3) is 0 Å². The third kappa shape index (κ3) is 3.13. The third-order valence-corrected chi connectivity index (χ3v) is 3.64. The Morgan fingerprint density at radius 1 is 1.32 bits per heavy atom. The van der Waals surface area contributed by atoms with Gasteiger partial charge in [-0.2, -0.15) is 0 Å². The molecule has 1 aromatic carbocycles. The maximum absolute atomic E-state index is 12.4. The molecule has 1 saturated heterocycles. The van der Waals surface area contributed by atoms with Crippen LogP contribution in [0.1, 0.15) is 31.2 Å². The maximum Gasteiger partial charge on any atom is 0.303 e. The Morgan fingerprint density at radius 3 is 2.47 bits per heavy atom. The molecule has 1 fully saturated rings. The summed E-state index contributed by atoms with van der Waals surface area (Å²) in [5.41, 5.74) is 1.04. The van der Waals surface area contributed by atoms with Crippen molar-refractivity contribution in [2.45, 2.75) is 25.7 Å². The fourth-order valence-corrected chi connectivity index (χ4v) is 2.58. The number of hydrogen-bond donors (Lipinski definition) is 1. The van der Waals surface area contributed by atoms with Gasteiger partial charge in [-0.05, 0) is 12.0 Å². The van der Waals surface area contributed by atoms with Crippen LogP contribution in [0.4, 0.5) is 0 Å². The van der Waals surface area contributed by atoms with Gasteiger partial charge in [0.25, 0.3) is 0 Å². The highest BCUT2D eigenvalue weighted by molar-refractivity contribution is 5.84. The average Bonchev–Trinajstić information content (AvgIpc) is 2.35. The van der Waals surface area contributed by atoms with Crippen LogP contribution < -0.4 is 0 Å². The van der Waals surface area contributed by atoms with E-state index in [-0.39, 0.29) is 24.2 Å². The molecule has 1 N–H and O–H groups in total. The zero-order chi connectivity index (χ0) is 13.8. The number of amides is 1. The zero-order valence-electron chi connectivity index (χ0n) is 11.1. The molecule has 4 heteroatoms. The molecule has 4 nitrogen and oxygen atoms in total. The largest absolute Gasteiger partial charge is 0.481 e. The monoisotopic (exact) mass is 261 g/mol. The predicted octanol–water partition coefficient (Wildman–Crippen LogP) is 2.11. The Hall–Kier alpha value is -1.84. The minimum absolute atomic E-state index is 0.105. The second-order valence-electron chi connectivity index (χ2n) is 5.08. The first kappa shape index (κ1) is 13.6. The van der Waals surface area contributed by atoms with Crippen molar-refractivity contribution in [3.05, 3.63) is 35.9 Å². The normalized spacial score (nSPS) is 16.8. The van der Waals surface area contributed by atoms with Crippen LogP contribution in [0.15, 0.2) is 30.3 Å². The van der Waals surface area contributed by atoms with Gasteiger partial charge in [-0.15, -0.1) is 0 Å². The minimum atomic E-state index is -0.785. The van der Waals surface area contributed by atoms with Gasteiger partial charge in [0.05, 0.1) is 12.3 Å². The fourth-order valence-electron chi connectivity index (χ4n) is 2.58. The van der Waals surface area contributed by atoms with Crippen molar-refractivity contribution in [3.8, 4) is 0 Å². The summed E-state index contributed by atoms with van der Waals surface area (Å²) >= 11 is 0. The molecule has 1 unspecified atom stereocenters. The second kappa shape index (κ2) is 5.87. The van der Waals surface area contributed by atoms with Crippen molar-refractivity contribution in [2.75, 3.05) is 13.1 Å². The van der Waals surface area contributed by atoms with Gasteiger partial charge in [-0.3, -0.25) is 9.59 Å². The van der Waals surface area contributed by atoms with Gasteiger partial charge >= 0.3 is 5.97 Å². The third-order valence-electron chi connectivity index (χ3n) is 3.64. The van der Waals surface area contributed by atoms with E-state index in [2.05, 4.69) is 0 Å². The molecule has 102 valence electrons. The molecule has 1 aliphatic rings. The number of carboxylic acids is 1. The number of rotatable bonds is 5. The lowest BCUT2D eigenvalue weighted by atomic mass is 9.90. The van der Waals surface area contributed by atoms with E-state index >= 15 is 0 Å². The number of aliphatic carboxylic acids is 1. The Labute approximate surface area is 113 Å². The highest BCUT2D eigenvalue weighted by atomic mass is 16.4. The molecule has 1 heterocycles. The van der Waals surface area contributed by atoms with Crippen molar-refractivity contribution < 1.29 is 14.7 Å². The number of hydrogen-bond acceptors (Lipinski definition) is 2. The van der Waals surface area contributed by atoms with Gasteiger partial charge in [0.2, 0.25) is 5.91 Å². The van der Waals surface area contributed by atoms with E-state index in [4.69, 9.17) is 5.11 Å². The lowest BCUT2D eigenvalue weighted by Crippen LogP contribution is -2.52. The molecule has 19 heavy (non-hydrogen) atoms. The van der Waals surface area contributed by atoms with E-state index < -0.39 is 5.97 Å². The SMILES string of the molecule is CCC(C(=O)N1CC(CC(=O)O)C1)c1ccccc1. The standard InChI is InChI=1S/C15H19NO3/c1-2-13(12-6-4-3-5-7-12)15(19)16-9-11(10-16)8-14(17)18/h3-7,11,13H,2,8-10H2,1H3,(H,17,18). The second-order valence-corrected chi connectivity index (χ2v) is 5.08. The highest BCUT2D eigenvalue weighted by Crippen LogP contribution is 2.27. The van der Waals surface area contributed by atoms with Crippen LogP contribution in [0, 0.1) is 5.92 Å². The van der Waals surface area contributed by atoms with E-state index in [1.165, 1.54) is 0 Å². The molecule has 1 amide bonds. The molecule has 0 aromatic heterocycles. The van der Waals surface area contributed by atoms with Crippen LogP contribution in [0.3, 0.4) is 0 Å². The van der Waals surface area contributed by atoms with Gasteiger partial charge in [-0.25, -0.2) is 0 Å². The molecule has 0 spiro atoms. The number of benzene rings is 1. The van der Waals surface area contributed by atoms with Crippen molar-refractivity contribution in [1.82, 2.24) is 4.90 Å². The maximum atomic E-state index is 12.4. The van der Waals surface area contributed by atoms with Crippen LogP contribution in [0.2, 0.25) is 0 Å². The van der Waals surface area contributed by atoms with E-state index in [1.54, 1.807) is 4.90 Å². The Bertz CT molecular complexity index is 452. The summed E-state index contributed by atoms with van der Waals surface area (Å²) in [5, 5.41) is 8.70. The summed E-state index contributed by atoms with van der Waals surface area (Å²) in [6, 6.07) is 9.76. The molecule has 0 bridgehead atoms. The lowest BCUT2D eigenvalue weighted by Gasteiger charge is -2.40. The number of carboxylic acid groups (broad SMARTS) is 1. The fraction of sp³-hybridized carbons (Fsp3) is 0.467. The molecule has 0 aliphatic carbocycles. The summed E-state index contributed by atoms with van der Waals surface area (Å²) in [4.78, 5) is 24.7. The van der Waals surface area contributed by atoms with Crippen LogP contribution >= 0.6 is 0 Å². The summed E-state index contributed by atoms with van der Waals surface area (Å²) in [7, 11) is 0. The topological polar surface area (TPSA) is 57.6 Å². The number of carbonyl (C=O) groups is 2. The van der Waals surface area contributed by atoms with E-state index in [9.17, 15) is 9.59 Å². The van der Waals surface area contributed by atoms with Crippen molar-refractivity contribution in [1.29, 1.82) is 0 Å². The van der Waals surface area contributed by atoms with E-state index in [0.717, 1.165) is 12.0 Å². The predicted molar refractivity (Wildman–Crippen MR) is 71.8 cm³/mol. The highest BCUT2D eigenvalue weighted by Gasteiger charge is 2.35. The molecular weight excluding hydrogens is 242 g/mol. The Kier molecular flexibility index (Phi) is 4.20. The molecule has 1 aromatic rings. The molecule has 0 radical (unpaired) electrons. The van der Waals surface area contributed by atoms with Crippen LogP contribution in [0.5, 0.6) is 0 Å². The van der Waals surface area contributed by atoms with Crippen molar-refractivity contribution in [2.24, 2.45) is 5.92 Å². The quantitative estimate of drug-likeness (QED) is 0.883. The number of nitrogens with zero attached hydrogens (tertiary/aromatic N) is 1. The van der Waals surface area contributed by atoms with Gasteiger partial charge in [-0.1, -0.05) is 37.3 Å². The summed E-state index contributed by atoms with van der Waals surface area (Å²) in [6.45, 7) is 3.16. The summed E-state index contributed by atoms with van der Waals surface area (Å²) in [6.07, 6.45) is 0.925. The minimum Gasteiger partial charge on any atom is -0.481 e. The molecule has 1 aliphatic heterocycles. The zero-order valence-corrected chi connectivity index (χ0v) is 11.1. The van der Waals surface area contributed by atoms with E-state index in [0.29, 0.717) is 13.1 Å². The molecule has 1 atom stereocenters. The Balaban J connectivity index is 1.95. The smallest absolute Gasteiger partial charge is 0.303 e. The molecule has 2 rings (SSSR count). The van der Waals surface area contributed by atoms with Gasteiger partial charge in [0.1, 0.15) is 0 Å². The van der Waals surface area contributed by atoms with Gasteiger partial charge < -0.3 is 10.0 Å². The van der Waals surface area contributed by atoms with E-state index in [1.807, 2.05) is 37.3 Å². The van der Waals surface area contributed by atoms with Crippen molar-refractivity contribution >= 4 is 11.9 Å². The van der Waals surface area contributed by atoms with Crippen molar-refractivity contribution in [3.63, 3.8) is 0 Å². The molecule has 0 saturated carbocycles. The van der Waals surface area contributed by atoms with Gasteiger partial charge in [0, 0.05) is 19.0 Å². The summed E-state index contributed by atoms with van der Waals surface area (Å²) in [5.74, 6) is -0.649.